The predicted molar refractivity (Wildman–Crippen MR) is 68.5 cm³/mol. The van der Waals surface area contributed by atoms with E-state index in [0.717, 1.165) is 17.4 Å². The summed E-state index contributed by atoms with van der Waals surface area (Å²) in [6, 6.07) is 8.22. The predicted octanol–water partition coefficient (Wildman–Crippen LogP) is 5.10. The molecule has 1 atom stereocenters. The smallest absolute Gasteiger partial charge is 0.0438 e. The highest BCUT2D eigenvalue weighted by Crippen LogP contribution is 2.23. The third-order valence-corrected chi connectivity index (χ3v) is 3.38. The van der Waals surface area contributed by atoms with Crippen LogP contribution in [0.3, 0.4) is 0 Å². The van der Waals surface area contributed by atoms with Gasteiger partial charge in [0.05, 0.1) is 0 Å². The Hall–Kier alpha value is -0.490. The summed E-state index contributed by atoms with van der Waals surface area (Å²) in [4.78, 5) is 0. The van der Waals surface area contributed by atoms with Crippen LogP contribution in [-0.4, -0.2) is 0 Å². The maximum atomic E-state index is 6.16. The second kappa shape index (κ2) is 6.90. The summed E-state index contributed by atoms with van der Waals surface area (Å²) in [7, 11) is 0. The molecule has 1 aromatic rings. The third-order valence-electron chi connectivity index (χ3n) is 3.01. The van der Waals surface area contributed by atoms with Crippen LogP contribution in [0.2, 0.25) is 5.02 Å². The molecule has 0 spiro atoms. The number of hydrogen-bond donors (Lipinski definition) is 0. The second-order valence-electron chi connectivity index (χ2n) is 4.21. The zero-order valence-corrected chi connectivity index (χ0v) is 10.6. The zero-order chi connectivity index (χ0) is 11.1. The number of unbranched alkanes of at least 4 members (excludes halogenated alkanes) is 1. The lowest BCUT2D eigenvalue weighted by Gasteiger charge is -2.15. The Kier molecular flexibility index (Phi) is 5.78. The fraction of sp³-hybridized carbons (Fsp3) is 0.571. The molecule has 1 heteroatoms. The largest absolute Gasteiger partial charge is 0.0840 e. The molecule has 0 fully saturated rings. The van der Waals surface area contributed by atoms with Crippen LogP contribution >= 0.6 is 11.6 Å². The van der Waals surface area contributed by atoms with Crippen LogP contribution in [0, 0.1) is 5.92 Å². The second-order valence-corrected chi connectivity index (χ2v) is 4.62. The van der Waals surface area contributed by atoms with Crippen molar-refractivity contribution >= 4 is 11.6 Å². The molecule has 1 rings (SSSR count). The fourth-order valence-corrected chi connectivity index (χ4v) is 2.13. The lowest BCUT2D eigenvalue weighted by molar-refractivity contribution is 0.449. The molecule has 0 nitrogen and oxygen atoms in total. The Balaban J connectivity index is 2.54. The molecule has 1 unspecified atom stereocenters. The summed E-state index contributed by atoms with van der Waals surface area (Å²) in [6.45, 7) is 4.53. The van der Waals surface area contributed by atoms with E-state index in [1.165, 1.54) is 31.2 Å². The number of rotatable bonds is 6. The Bertz CT molecular complexity index is 280. The van der Waals surface area contributed by atoms with Gasteiger partial charge in [0.15, 0.2) is 0 Å². The topological polar surface area (TPSA) is 0 Å². The van der Waals surface area contributed by atoms with Crippen LogP contribution in [-0.2, 0) is 6.42 Å². The summed E-state index contributed by atoms with van der Waals surface area (Å²) < 4.78 is 0. The number of hydrogen-bond acceptors (Lipinski definition) is 0. The van der Waals surface area contributed by atoms with E-state index in [2.05, 4.69) is 26.0 Å². The van der Waals surface area contributed by atoms with Gasteiger partial charge in [0.1, 0.15) is 0 Å². The molecule has 0 aliphatic rings. The fourth-order valence-electron chi connectivity index (χ4n) is 1.92. The highest BCUT2D eigenvalue weighted by molar-refractivity contribution is 6.31. The van der Waals surface area contributed by atoms with Crippen LogP contribution in [0.1, 0.15) is 45.1 Å². The molecule has 0 bridgehead atoms. The average molecular weight is 225 g/mol. The molecule has 1 aromatic carbocycles. The first-order valence-corrected chi connectivity index (χ1v) is 6.39. The summed E-state index contributed by atoms with van der Waals surface area (Å²) in [6.07, 6.45) is 6.35. The van der Waals surface area contributed by atoms with Gasteiger partial charge >= 0.3 is 0 Å². The van der Waals surface area contributed by atoms with E-state index >= 15 is 0 Å². The van der Waals surface area contributed by atoms with Crippen molar-refractivity contribution in [1.29, 1.82) is 0 Å². The van der Waals surface area contributed by atoms with Crippen LogP contribution in [0.5, 0.6) is 0 Å². The number of benzene rings is 1. The molecule has 0 aromatic heterocycles. The average Bonchev–Trinajstić information content (AvgIpc) is 2.26. The zero-order valence-electron chi connectivity index (χ0n) is 9.80. The molecule has 0 saturated heterocycles. The van der Waals surface area contributed by atoms with Crippen LogP contribution < -0.4 is 0 Å². The van der Waals surface area contributed by atoms with Gasteiger partial charge in [-0.2, -0.15) is 0 Å². The summed E-state index contributed by atoms with van der Waals surface area (Å²) in [5, 5.41) is 0.924. The Labute approximate surface area is 98.7 Å². The molecule has 0 aliphatic carbocycles. The van der Waals surface area contributed by atoms with E-state index < -0.39 is 0 Å². The molecule has 0 heterocycles. The van der Waals surface area contributed by atoms with Crippen molar-refractivity contribution in [1.82, 2.24) is 0 Å². The Morgan fingerprint density at radius 2 is 1.93 bits per heavy atom. The SMILES string of the molecule is CCCCC(CC)Cc1ccccc1Cl. The van der Waals surface area contributed by atoms with Crippen LogP contribution in [0.4, 0.5) is 0 Å². The standard InChI is InChI=1S/C14H21Cl/c1-3-5-8-12(4-2)11-13-9-6-7-10-14(13)15/h6-7,9-10,12H,3-5,8,11H2,1-2H3. The quantitative estimate of drug-likeness (QED) is 0.631. The van der Waals surface area contributed by atoms with E-state index in [1.807, 2.05) is 12.1 Å². The van der Waals surface area contributed by atoms with Crippen molar-refractivity contribution in [3.8, 4) is 0 Å². The maximum Gasteiger partial charge on any atom is 0.0438 e. The number of halogens is 1. The van der Waals surface area contributed by atoms with Crippen molar-refractivity contribution in [2.24, 2.45) is 5.92 Å². The molecule has 0 radical (unpaired) electrons. The first kappa shape index (κ1) is 12.6. The molecule has 0 saturated carbocycles. The minimum absolute atomic E-state index is 0.796. The van der Waals surface area contributed by atoms with Gasteiger partial charge in [0.25, 0.3) is 0 Å². The molecular formula is C14H21Cl. The van der Waals surface area contributed by atoms with Crippen molar-refractivity contribution in [3.63, 3.8) is 0 Å². The summed E-state index contributed by atoms with van der Waals surface area (Å²) >= 11 is 6.16. The monoisotopic (exact) mass is 224 g/mol. The Morgan fingerprint density at radius 3 is 2.53 bits per heavy atom. The van der Waals surface area contributed by atoms with Crippen LogP contribution in [0.15, 0.2) is 24.3 Å². The van der Waals surface area contributed by atoms with Gasteiger partial charge in [-0.05, 0) is 24.0 Å². The van der Waals surface area contributed by atoms with E-state index in [-0.39, 0.29) is 0 Å². The first-order valence-electron chi connectivity index (χ1n) is 6.01. The van der Waals surface area contributed by atoms with Gasteiger partial charge in [-0.1, -0.05) is 69.3 Å². The van der Waals surface area contributed by atoms with Gasteiger partial charge < -0.3 is 0 Å². The van der Waals surface area contributed by atoms with E-state index in [4.69, 9.17) is 11.6 Å². The van der Waals surface area contributed by atoms with Gasteiger partial charge in [-0.3, -0.25) is 0 Å². The minimum Gasteiger partial charge on any atom is -0.0840 e. The van der Waals surface area contributed by atoms with Gasteiger partial charge in [-0.15, -0.1) is 0 Å². The maximum absolute atomic E-state index is 6.16. The first-order chi connectivity index (χ1) is 7.27. The third kappa shape index (κ3) is 4.25. The highest BCUT2D eigenvalue weighted by atomic mass is 35.5. The molecule has 0 amide bonds. The molecular weight excluding hydrogens is 204 g/mol. The molecule has 0 N–H and O–H groups in total. The molecule has 0 aliphatic heterocycles. The van der Waals surface area contributed by atoms with E-state index in [9.17, 15) is 0 Å². The van der Waals surface area contributed by atoms with Crippen LogP contribution in [0.25, 0.3) is 0 Å². The normalized spacial score (nSPS) is 12.7. The van der Waals surface area contributed by atoms with Crippen molar-refractivity contribution in [3.05, 3.63) is 34.9 Å². The van der Waals surface area contributed by atoms with Gasteiger partial charge in [0, 0.05) is 5.02 Å². The van der Waals surface area contributed by atoms with Gasteiger partial charge in [0.2, 0.25) is 0 Å². The molecule has 15 heavy (non-hydrogen) atoms. The molecule has 84 valence electrons. The van der Waals surface area contributed by atoms with Crippen molar-refractivity contribution in [2.45, 2.75) is 46.0 Å². The van der Waals surface area contributed by atoms with Gasteiger partial charge in [-0.25, -0.2) is 0 Å². The summed E-state index contributed by atoms with van der Waals surface area (Å²) in [5.41, 5.74) is 1.31. The minimum atomic E-state index is 0.796. The van der Waals surface area contributed by atoms with E-state index in [1.54, 1.807) is 0 Å². The summed E-state index contributed by atoms with van der Waals surface area (Å²) in [5.74, 6) is 0.796. The van der Waals surface area contributed by atoms with Crippen molar-refractivity contribution < 1.29 is 0 Å². The Morgan fingerprint density at radius 1 is 1.20 bits per heavy atom. The van der Waals surface area contributed by atoms with Crippen molar-refractivity contribution in [2.75, 3.05) is 0 Å². The highest BCUT2D eigenvalue weighted by Gasteiger charge is 2.08. The van der Waals surface area contributed by atoms with E-state index in [0.29, 0.717) is 0 Å². The lowest BCUT2D eigenvalue weighted by atomic mass is 9.92. The lowest BCUT2D eigenvalue weighted by Crippen LogP contribution is -2.03.